The van der Waals surface area contributed by atoms with Gasteiger partial charge in [0.05, 0.1) is 30.6 Å². The van der Waals surface area contributed by atoms with Crippen LogP contribution in [0.25, 0.3) is 16.7 Å². The lowest BCUT2D eigenvalue weighted by Crippen LogP contribution is -2.41. The lowest BCUT2D eigenvalue weighted by atomic mass is 10.2. The molecular weight excluding hydrogens is 447 g/mol. The molecule has 2 aromatic carbocycles. The van der Waals surface area contributed by atoms with Gasteiger partial charge in [0, 0.05) is 49.0 Å². The van der Waals surface area contributed by atoms with Crippen LogP contribution in [0.3, 0.4) is 0 Å². The highest BCUT2D eigenvalue weighted by molar-refractivity contribution is 5.94. The number of morpholine rings is 1. The third kappa shape index (κ3) is 5.31. The van der Waals surface area contributed by atoms with Crippen molar-refractivity contribution in [2.24, 2.45) is 0 Å². The molecule has 180 valence electrons. The van der Waals surface area contributed by atoms with E-state index in [1.807, 2.05) is 25.1 Å². The number of amides is 1. The van der Waals surface area contributed by atoms with Crippen molar-refractivity contribution >= 4 is 28.2 Å². The number of fused-ring (bicyclic) bond motifs is 1. The van der Waals surface area contributed by atoms with E-state index < -0.39 is 0 Å². The fraction of sp³-hybridized carbons (Fsp3) is 0.269. The SMILES string of the molecule is Cc1ccc(F)c(Nc2ccc3c(cnn3-c3cc(C(=O)NCCN4CCOCC4)ccn3)c2)c1. The number of benzene rings is 2. The number of anilines is 2. The third-order valence-electron chi connectivity index (χ3n) is 6.01. The van der Waals surface area contributed by atoms with Gasteiger partial charge in [-0.3, -0.25) is 9.69 Å². The standard InChI is InChI=1S/C26H27FN6O2/c1-18-2-4-22(27)23(14-18)31-21-3-5-24-20(15-21)17-30-33(24)25-16-19(6-7-28-25)26(34)29-8-9-32-10-12-35-13-11-32/h2-7,14-17,31H,8-13H2,1H3,(H,29,34). The van der Waals surface area contributed by atoms with Gasteiger partial charge >= 0.3 is 0 Å². The Balaban J connectivity index is 1.29. The van der Waals surface area contributed by atoms with Crippen LogP contribution >= 0.6 is 0 Å². The molecule has 0 spiro atoms. The number of hydrogen-bond acceptors (Lipinski definition) is 6. The van der Waals surface area contributed by atoms with Crippen molar-refractivity contribution in [2.45, 2.75) is 6.92 Å². The first kappa shape index (κ1) is 22.9. The molecule has 1 fully saturated rings. The average Bonchev–Trinajstić information content (AvgIpc) is 3.30. The van der Waals surface area contributed by atoms with Gasteiger partial charge in [0.2, 0.25) is 0 Å². The first-order chi connectivity index (χ1) is 17.1. The Hall–Kier alpha value is -3.82. The van der Waals surface area contributed by atoms with E-state index in [9.17, 15) is 9.18 Å². The number of aromatic nitrogens is 3. The van der Waals surface area contributed by atoms with Gasteiger partial charge < -0.3 is 15.4 Å². The van der Waals surface area contributed by atoms with Crippen molar-refractivity contribution in [3.63, 3.8) is 0 Å². The molecule has 3 heterocycles. The highest BCUT2D eigenvalue weighted by atomic mass is 19.1. The first-order valence-corrected chi connectivity index (χ1v) is 11.6. The Kier molecular flexibility index (Phi) is 6.69. The van der Waals surface area contributed by atoms with Gasteiger partial charge in [0.15, 0.2) is 5.82 Å². The molecule has 0 radical (unpaired) electrons. The van der Waals surface area contributed by atoms with E-state index in [1.165, 1.54) is 6.07 Å². The molecule has 35 heavy (non-hydrogen) atoms. The van der Waals surface area contributed by atoms with Gasteiger partial charge in [-0.2, -0.15) is 5.10 Å². The van der Waals surface area contributed by atoms with Crippen LogP contribution in [0.2, 0.25) is 0 Å². The average molecular weight is 475 g/mol. The summed E-state index contributed by atoms with van der Waals surface area (Å²) in [5.41, 5.74) is 3.50. The van der Waals surface area contributed by atoms with Crippen molar-refractivity contribution in [2.75, 3.05) is 44.7 Å². The second kappa shape index (κ2) is 10.2. The smallest absolute Gasteiger partial charge is 0.251 e. The second-order valence-electron chi connectivity index (χ2n) is 8.55. The molecule has 0 bridgehead atoms. The molecule has 5 rings (SSSR count). The van der Waals surface area contributed by atoms with Crippen molar-refractivity contribution in [3.8, 4) is 5.82 Å². The summed E-state index contributed by atoms with van der Waals surface area (Å²) in [6.07, 6.45) is 3.33. The Bertz CT molecular complexity index is 1350. The number of rotatable bonds is 7. The van der Waals surface area contributed by atoms with Gasteiger partial charge in [0.25, 0.3) is 5.91 Å². The maximum Gasteiger partial charge on any atom is 0.251 e. The zero-order valence-corrected chi connectivity index (χ0v) is 19.5. The molecule has 2 aromatic heterocycles. The van der Waals surface area contributed by atoms with Crippen LogP contribution < -0.4 is 10.6 Å². The monoisotopic (exact) mass is 474 g/mol. The van der Waals surface area contributed by atoms with E-state index in [0.29, 0.717) is 23.6 Å². The minimum atomic E-state index is -0.310. The summed E-state index contributed by atoms with van der Waals surface area (Å²) >= 11 is 0. The maximum absolute atomic E-state index is 14.1. The maximum atomic E-state index is 14.1. The van der Waals surface area contributed by atoms with E-state index in [-0.39, 0.29) is 11.7 Å². The minimum absolute atomic E-state index is 0.148. The molecule has 1 saturated heterocycles. The number of ether oxygens (including phenoxy) is 1. The van der Waals surface area contributed by atoms with Crippen molar-refractivity contribution in [1.82, 2.24) is 25.0 Å². The summed E-state index contributed by atoms with van der Waals surface area (Å²) in [4.78, 5) is 19.4. The Morgan fingerprint density at radius 1 is 1.11 bits per heavy atom. The Morgan fingerprint density at radius 3 is 2.83 bits per heavy atom. The molecule has 0 unspecified atom stereocenters. The number of pyridine rings is 1. The summed E-state index contributed by atoms with van der Waals surface area (Å²) in [5.74, 6) is 0.0898. The fourth-order valence-electron chi connectivity index (χ4n) is 4.11. The summed E-state index contributed by atoms with van der Waals surface area (Å²) in [5, 5.41) is 11.4. The predicted molar refractivity (Wildman–Crippen MR) is 133 cm³/mol. The van der Waals surface area contributed by atoms with Gasteiger partial charge in [-0.1, -0.05) is 6.07 Å². The summed E-state index contributed by atoms with van der Waals surface area (Å²) in [6, 6.07) is 14.0. The highest BCUT2D eigenvalue weighted by Gasteiger charge is 2.13. The van der Waals surface area contributed by atoms with Crippen LogP contribution in [0, 0.1) is 12.7 Å². The number of nitrogens with zero attached hydrogens (tertiary/aromatic N) is 4. The number of carbonyl (C=O) groups is 1. The molecule has 1 aliphatic rings. The van der Waals surface area contributed by atoms with E-state index in [4.69, 9.17) is 4.74 Å². The lowest BCUT2D eigenvalue weighted by Gasteiger charge is -2.26. The van der Waals surface area contributed by atoms with Crippen LogP contribution in [-0.2, 0) is 4.74 Å². The third-order valence-corrected chi connectivity index (χ3v) is 6.01. The number of aryl methyl sites for hydroxylation is 1. The molecule has 1 aliphatic heterocycles. The van der Waals surface area contributed by atoms with Crippen molar-refractivity contribution in [3.05, 3.63) is 77.9 Å². The fourth-order valence-corrected chi connectivity index (χ4v) is 4.11. The van der Waals surface area contributed by atoms with Gasteiger partial charge in [0.1, 0.15) is 5.82 Å². The zero-order chi connectivity index (χ0) is 24.2. The zero-order valence-electron chi connectivity index (χ0n) is 19.5. The molecule has 2 N–H and O–H groups in total. The van der Waals surface area contributed by atoms with Crippen LogP contribution in [0.5, 0.6) is 0 Å². The molecule has 0 saturated carbocycles. The number of halogens is 1. The first-order valence-electron chi connectivity index (χ1n) is 11.6. The highest BCUT2D eigenvalue weighted by Crippen LogP contribution is 2.26. The molecular formula is C26H27FN6O2. The van der Waals surface area contributed by atoms with E-state index in [0.717, 1.165) is 55.0 Å². The second-order valence-corrected chi connectivity index (χ2v) is 8.55. The Morgan fingerprint density at radius 2 is 1.97 bits per heavy atom. The largest absolute Gasteiger partial charge is 0.379 e. The normalized spacial score (nSPS) is 14.2. The minimum Gasteiger partial charge on any atom is -0.379 e. The van der Waals surface area contributed by atoms with Crippen LogP contribution in [-0.4, -0.2) is 65.0 Å². The summed E-state index contributed by atoms with van der Waals surface area (Å²) in [7, 11) is 0. The van der Waals surface area contributed by atoms with Crippen molar-refractivity contribution in [1.29, 1.82) is 0 Å². The van der Waals surface area contributed by atoms with Gasteiger partial charge in [-0.05, 0) is 55.0 Å². The molecule has 1 amide bonds. The molecule has 0 atom stereocenters. The number of nitrogens with one attached hydrogen (secondary N) is 2. The molecule has 4 aromatic rings. The molecule has 9 heteroatoms. The van der Waals surface area contributed by atoms with Gasteiger partial charge in [-0.15, -0.1) is 0 Å². The molecule has 8 nitrogen and oxygen atoms in total. The molecule has 0 aliphatic carbocycles. The van der Waals surface area contributed by atoms with Crippen LogP contribution in [0.4, 0.5) is 15.8 Å². The summed E-state index contributed by atoms with van der Waals surface area (Å²) in [6.45, 7) is 6.53. The predicted octanol–water partition coefficient (Wildman–Crippen LogP) is 3.67. The topological polar surface area (TPSA) is 84.3 Å². The Labute approximate surface area is 202 Å². The van der Waals surface area contributed by atoms with E-state index in [2.05, 4.69) is 25.6 Å². The number of hydrogen-bond donors (Lipinski definition) is 2. The van der Waals surface area contributed by atoms with Crippen LogP contribution in [0.15, 0.2) is 60.9 Å². The van der Waals surface area contributed by atoms with Crippen LogP contribution in [0.1, 0.15) is 15.9 Å². The van der Waals surface area contributed by atoms with Crippen molar-refractivity contribution < 1.29 is 13.9 Å². The quantitative estimate of drug-likeness (QED) is 0.425. The van der Waals surface area contributed by atoms with E-state index >= 15 is 0 Å². The van der Waals surface area contributed by atoms with E-state index in [1.54, 1.807) is 41.3 Å². The van der Waals surface area contributed by atoms with Gasteiger partial charge in [-0.25, -0.2) is 14.1 Å². The lowest BCUT2D eigenvalue weighted by molar-refractivity contribution is 0.0383. The number of carbonyl (C=O) groups excluding carboxylic acids is 1. The summed E-state index contributed by atoms with van der Waals surface area (Å²) < 4.78 is 21.2.